The van der Waals surface area contributed by atoms with E-state index in [0.29, 0.717) is 37.5 Å². The molecule has 7 nitrogen and oxygen atoms in total. The van der Waals surface area contributed by atoms with Crippen LogP contribution in [0, 0.1) is 12.7 Å². The molecule has 4 aromatic carbocycles. The van der Waals surface area contributed by atoms with Gasteiger partial charge in [-0.15, -0.1) is 0 Å². The summed E-state index contributed by atoms with van der Waals surface area (Å²) >= 11 is 0. The van der Waals surface area contributed by atoms with Crippen LogP contribution in [0.5, 0.6) is 0 Å². The van der Waals surface area contributed by atoms with Crippen LogP contribution < -0.4 is 4.90 Å². The van der Waals surface area contributed by atoms with Crippen LogP contribution in [-0.4, -0.2) is 56.7 Å². The van der Waals surface area contributed by atoms with Gasteiger partial charge in [0.1, 0.15) is 17.5 Å². The van der Waals surface area contributed by atoms with Crippen molar-refractivity contribution >= 4 is 33.5 Å². The lowest BCUT2D eigenvalue weighted by Crippen LogP contribution is -2.35. The molecule has 1 aliphatic heterocycles. The predicted molar refractivity (Wildman–Crippen MR) is 167 cm³/mol. The third kappa shape index (κ3) is 5.20. The van der Waals surface area contributed by atoms with Crippen LogP contribution in [0.15, 0.2) is 97.1 Å². The van der Waals surface area contributed by atoms with Gasteiger partial charge in [0.2, 0.25) is 0 Å². The van der Waals surface area contributed by atoms with Gasteiger partial charge in [-0.1, -0.05) is 66.7 Å². The van der Waals surface area contributed by atoms with Crippen molar-refractivity contribution in [3.63, 3.8) is 0 Å². The van der Waals surface area contributed by atoms with Gasteiger partial charge in [-0.25, -0.2) is 19.0 Å². The van der Waals surface area contributed by atoms with Gasteiger partial charge in [-0.3, -0.25) is 4.79 Å². The molecule has 43 heavy (non-hydrogen) atoms. The van der Waals surface area contributed by atoms with E-state index in [1.807, 2.05) is 72.5 Å². The first-order valence-electron chi connectivity index (χ1n) is 14.6. The summed E-state index contributed by atoms with van der Waals surface area (Å²) in [6.07, 6.45) is 1.37. The van der Waals surface area contributed by atoms with Gasteiger partial charge in [0.15, 0.2) is 5.65 Å². The second-order valence-corrected chi connectivity index (χ2v) is 11.0. The number of aryl methyl sites for hydroxylation is 1. The number of halogens is 1. The summed E-state index contributed by atoms with van der Waals surface area (Å²) in [5.41, 5.74) is 4.07. The third-order valence-electron chi connectivity index (χ3n) is 8.11. The molecule has 8 heteroatoms. The number of hydrogen-bond acceptors (Lipinski definition) is 5. The lowest BCUT2D eigenvalue weighted by atomic mass is 10.0. The van der Waals surface area contributed by atoms with Crippen molar-refractivity contribution in [1.82, 2.24) is 24.6 Å². The molecular weight excluding hydrogens is 539 g/mol. The number of fused-ring (bicyclic) bond motifs is 2. The summed E-state index contributed by atoms with van der Waals surface area (Å²) < 4.78 is 15.5. The lowest BCUT2D eigenvalue weighted by Gasteiger charge is -2.24. The molecule has 7 rings (SSSR count). The molecule has 0 atom stereocenters. The van der Waals surface area contributed by atoms with E-state index < -0.39 is 0 Å². The number of carbonyl (C=O) groups excluding carboxylic acids is 1. The predicted octanol–water partition coefficient (Wildman–Crippen LogP) is 6.36. The number of hydrogen-bond donors (Lipinski definition) is 0. The van der Waals surface area contributed by atoms with E-state index in [1.54, 1.807) is 16.8 Å². The molecular formula is C35H31FN6O. The Morgan fingerprint density at radius 2 is 1.58 bits per heavy atom. The Balaban J connectivity index is 1.25. The molecule has 0 spiro atoms. The molecule has 1 saturated heterocycles. The van der Waals surface area contributed by atoms with Crippen LogP contribution in [-0.2, 0) is 6.42 Å². The molecule has 0 radical (unpaired) electrons. The maximum atomic E-state index is 13.8. The van der Waals surface area contributed by atoms with Crippen LogP contribution in [0.1, 0.15) is 33.9 Å². The van der Waals surface area contributed by atoms with Gasteiger partial charge in [-0.05, 0) is 60.0 Å². The summed E-state index contributed by atoms with van der Waals surface area (Å²) in [6, 6.07) is 30.4. The van der Waals surface area contributed by atoms with Gasteiger partial charge >= 0.3 is 0 Å². The number of carbonyl (C=O) groups is 1. The normalized spacial score (nSPS) is 13.9. The van der Waals surface area contributed by atoms with Crippen LogP contribution >= 0.6 is 0 Å². The molecule has 1 fully saturated rings. The van der Waals surface area contributed by atoms with Crippen molar-refractivity contribution in [3.8, 4) is 5.69 Å². The molecule has 0 saturated carbocycles. The van der Waals surface area contributed by atoms with E-state index in [1.165, 1.54) is 12.1 Å². The van der Waals surface area contributed by atoms with Gasteiger partial charge < -0.3 is 9.80 Å². The zero-order valence-corrected chi connectivity index (χ0v) is 23.9. The van der Waals surface area contributed by atoms with Gasteiger partial charge in [0, 0.05) is 38.2 Å². The Morgan fingerprint density at radius 3 is 2.42 bits per heavy atom. The number of nitrogens with zero attached hydrogens (tertiary/aromatic N) is 6. The smallest absolute Gasteiger partial charge is 0.254 e. The van der Waals surface area contributed by atoms with Crippen molar-refractivity contribution in [2.24, 2.45) is 0 Å². The van der Waals surface area contributed by atoms with E-state index >= 15 is 0 Å². The molecule has 1 amide bonds. The second kappa shape index (κ2) is 11.3. The van der Waals surface area contributed by atoms with E-state index in [4.69, 9.17) is 15.1 Å². The molecule has 0 unspecified atom stereocenters. The molecule has 3 heterocycles. The Bertz CT molecular complexity index is 1930. The van der Waals surface area contributed by atoms with Gasteiger partial charge in [-0.2, -0.15) is 5.10 Å². The van der Waals surface area contributed by atoms with Gasteiger partial charge in [0.05, 0.1) is 16.8 Å². The fraction of sp³-hybridized carbons (Fsp3) is 0.200. The molecule has 0 N–H and O–H groups in total. The first-order chi connectivity index (χ1) is 21.0. The van der Waals surface area contributed by atoms with E-state index in [2.05, 4.69) is 17.0 Å². The second-order valence-electron chi connectivity index (χ2n) is 11.0. The Morgan fingerprint density at radius 1 is 0.814 bits per heavy atom. The Labute approximate surface area is 249 Å². The first kappa shape index (κ1) is 26.8. The monoisotopic (exact) mass is 570 g/mol. The fourth-order valence-electron chi connectivity index (χ4n) is 5.97. The number of rotatable bonds is 5. The minimum absolute atomic E-state index is 0.0524. The van der Waals surface area contributed by atoms with Gasteiger partial charge in [0.25, 0.3) is 5.91 Å². The van der Waals surface area contributed by atoms with Crippen molar-refractivity contribution in [1.29, 1.82) is 0 Å². The van der Waals surface area contributed by atoms with Crippen molar-refractivity contribution in [3.05, 3.63) is 126 Å². The maximum Gasteiger partial charge on any atom is 0.254 e. The van der Waals surface area contributed by atoms with E-state index in [-0.39, 0.29) is 11.7 Å². The minimum atomic E-state index is -0.302. The Kier molecular flexibility index (Phi) is 7.02. The summed E-state index contributed by atoms with van der Waals surface area (Å²) in [4.78, 5) is 28.1. The van der Waals surface area contributed by atoms with E-state index in [0.717, 1.165) is 57.5 Å². The number of aromatic nitrogens is 4. The van der Waals surface area contributed by atoms with Crippen LogP contribution in [0.3, 0.4) is 0 Å². The number of anilines is 1. The summed E-state index contributed by atoms with van der Waals surface area (Å²) in [5, 5.41) is 7.74. The largest absolute Gasteiger partial charge is 0.354 e. The highest BCUT2D eigenvalue weighted by Crippen LogP contribution is 2.31. The molecule has 6 aromatic rings. The molecule has 1 aliphatic rings. The molecule has 0 aliphatic carbocycles. The minimum Gasteiger partial charge on any atom is -0.354 e. The quantitative estimate of drug-likeness (QED) is 0.241. The van der Waals surface area contributed by atoms with Crippen LogP contribution in [0.25, 0.3) is 27.5 Å². The molecule has 2 aromatic heterocycles. The van der Waals surface area contributed by atoms with Crippen molar-refractivity contribution in [2.75, 3.05) is 31.1 Å². The van der Waals surface area contributed by atoms with E-state index in [9.17, 15) is 9.18 Å². The SMILES string of the molecule is Cc1nn(-c2ccc(F)cc2)c2nc(Cc3ccccc3)nc(N3CCCN(C(=O)c4cccc5ccccc45)CC3)c12. The third-order valence-corrected chi connectivity index (χ3v) is 8.11. The topological polar surface area (TPSA) is 67.2 Å². The number of benzene rings is 4. The summed E-state index contributed by atoms with van der Waals surface area (Å²) in [7, 11) is 0. The van der Waals surface area contributed by atoms with Crippen molar-refractivity contribution < 1.29 is 9.18 Å². The average Bonchev–Trinajstić information content (AvgIpc) is 3.20. The highest BCUT2D eigenvalue weighted by atomic mass is 19.1. The summed E-state index contributed by atoms with van der Waals surface area (Å²) in [6.45, 7) is 4.58. The molecule has 0 bridgehead atoms. The number of amides is 1. The fourth-order valence-corrected chi connectivity index (χ4v) is 5.97. The maximum absolute atomic E-state index is 13.8. The summed E-state index contributed by atoms with van der Waals surface area (Å²) in [5.74, 6) is 1.26. The molecule has 214 valence electrons. The lowest BCUT2D eigenvalue weighted by molar-refractivity contribution is 0.0769. The van der Waals surface area contributed by atoms with Crippen LogP contribution in [0.4, 0.5) is 10.2 Å². The first-order valence-corrected chi connectivity index (χ1v) is 14.6. The Hall–Kier alpha value is -5.11. The highest BCUT2D eigenvalue weighted by Gasteiger charge is 2.26. The van der Waals surface area contributed by atoms with Crippen molar-refractivity contribution in [2.45, 2.75) is 19.8 Å². The van der Waals surface area contributed by atoms with Crippen LogP contribution in [0.2, 0.25) is 0 Å². The zero-order chi connectivity index (χ0) is 29.3. The highest BCUT2D eigenvalue weighted by molar-refractivity contribution is 6.07. The average molecular weight is 571 g/mol. The zero-order valence-electron chi connectivity index (χ0n) is 23.9. The standard InChI is InChI=1S/C35H31FN6O/c1-24-32-33(40-19-8-20-41(22-21-40)35(43)30-14-7-12-26-11-5-6-13-29(26)30)37-31(23-25-9-3-2-4-10-25)38-34(32)42(39-24)28-17-15-27(36)16-18-28/h2-7,9-18H,8,19-23H2,1H3.